The Morgan fingerprint density at radius 1 is 1.41 bits per heavy atom. The predicted molar refractivity (Wildman–Crippen MR) is 89.2 cm³/mol. The van der Waals surface area contributed by atoms with Crippen molar-refractivity contribution in [1.82, 2.24) is 10.6 Å². The molecule has 1 aromatic carbocycles. The lowest BCUT2D eigenvalue weighted by atomic mass is 10.2. The molecule has 1 amide bonds. The first-order valence-corrected chi connectivity index (χ1v) is 7.93. The fourth-order valence-electron chi connectivity index (χ4n) is 2.19. The summed E-state index contributed by atoms with van der Waals surface area (Å²) < 4.78 is 11.0. The fraction of sp³-hybridized carbons (Fsp3) is 0.500. The van der Waals surface area contributed by atoms with Gasteiger partial charge in [-0.15, -0.1) is 0 Å². The number of rotatable bonds is 5. The fourth-order valence-corrected chi connectivity index (χ4v) is 2.36. The smallest absolute Gasteiger partial charge is 0.257 e. The zero-order chi connectivity index (χ0) is 15.9. The lowest BCUT2D eigenvalue weighted by molar-refractivity contribution is 0.0973. The van der Waals surface area contributed by atoms with Crippen LogP contribution in [0.3, 0.4) is 0 Å². The van der Waals surface area contributed by atoms with Gasteiger partial charge in [-0.1, -0.05) is 0 Å². The van der Waals surface area contributed by atoms with Gasteiger partial charge >= 0.3 is 0 Å². The van der Waals surface area contributed by atoms with Crippen molar-refractivity contribution in [3.05, 3.63) is 29.8 Å². The lowest BCUT2D eigenvalue weighted by Gasteiger charge is -2.13. The van der Waals surface area contributed by atoms with Gasteiger partial charge in [0.15, 0.2) is 5.11 Å². The minimum atomic E-state index is -0.235. The Balaban J connectivity index is 1.79. The molecule has 6 heteroatoms. The molecule has 1 unspecified atom stereocenters. The van der Waals surface area contributed by atoms with E-state index in [0.29, 0.717) is 17.2 Å². The molecule has 1 aromatic rings. The number of hydrogen-bond acceptors (Lipinski definition) is 4. The van der Waals surface area contributed by atoms with Crippen LogP contribution in [0.25, 0.3) is 0 Å². The highest BCUT2D eigenvalue weighted by atomic mass is 32.1. The van der Waals surface area contributed by atoms with E-state index < -0.39 is 0 Å². The Kier molecular flexibility index (Phi) is 6.15. The van der Waals surface area contributed by atoms with Gasteiger partial charge in [0.05, 0.1) is 12.2 Å². The SMILES string of the molecule is CC(C)Oc1ccc(C(=O)NC(=S)NCC2CCCO2)cc1. The van der Waals surface area contributed by atoms with E-state index >= 15 is 0 Å². The molecular weight excluding hydrogens is 300 g/mol. The van der Waals surface area contributed by atoms with Gasteiger partial charge in [-0.2, -0.15) is 0 Å². The van der Waals surface area contributed by atoms with Crippen molar-refractivity contribution in [3.63, 3.8) is 0 Å². The number of carbonyl (C=O) groups is 1. The normalized spacial score (nSPS) is 17.3. The molecule has 1 fully saturated rings. The molecule has 0 aliphatic carbocycles. The monoisotopic (exact) mass is 322 g/mol. The third-order valence-corrected chi connectivity index (χ3v) is 3.48. The summed E-state index contributed by atoms with van der Waals surface area (Å²) in [6, 6.07) is 6.99. The van der Waals surface area contributed by atoms with Crippen molar-refractivity contribution in [2.75, 3.05) is 13.2 Å². The molecule has 22 heavy (non-hydrogen) atoms. The van der Waals surface area contributed by atoms with E-state index in [-0.39, 0.29) is 18.1 Å². The molecule has 0 aromatic heterocycles. The first-order valence-electron chi connectivity index (χ1n) is 7.52. The van der Waals surface area contributed by atoms with Gasteiger partial charge in [-0.3, -0.25) is 10.1 Å². The minimum Gasteiger partial charge on any atom is -0.491 e. The average Bonchev–Trinajstić information content (AvgIpc) is 2.98. The van der Waals surface area contributed by atoms with Crippen LogP contribution in [0.2, 0.25) is 0 Å². The van der Waals surface area contributed by atoms with Crippen LogP contribution in [0.5, 0.6) is 5.75 Å². The summed E-state index contributed by atoms with van der Waals surface area (Å²) in [4.78, 5) is 12.1. The predicted octanol–water partition coefficient (Wildman–Crippen LogP) is 2.26. The maximum Gasteiger partial charge on any atom is 0.257 e. The summed E-state index contributed by atoms with van der Waals surface area (Å²) in [5.41, 5.74) is 0.539. The van der Waals surface area contributed by atoms with Crippen LogP contribution in [0.15, 0.2) is 24.3 Å². The molecule has 0 radical (unpaired) electrons. The zero-order valence-corrected chi connectivity index (χ0v) is 13.7. The molecular formula is C16H22N2O3S. The Bertz CT molecular complexity index is 511. The number of hydrogen-bond donors (Lipinski definition) is 2. The summed E-state index contributed by atoms with van der Waals surface area (Å²) >= 11 is 5.12. The molecule has 120 valence electrons. The highest BCUT2D eigenvalue weighted by molar-refractivity contribution is 7.80. The number of benzene rings is 1. The van der Waals surface area contributed by atoms with E-state index in [1.165, 1.54) is 0 Å². The van der Waals surface area contributed by atoms with Gasteiger partial charge in [0.1, 0.15) is 5.75 Å². The van der Waals surface area contributed by atoms with Gasteiger partial charge in [0, 0.05) is 18.7 Å². The Hall–Kier alpha value is -1.66. The zero-order valence-electron chi connectivity index (χ0n) is 12.9. The molecule has 1 atom stereocenters. The quantitative estimate of drug-likeness (QED) is 0.814. The minimum absolute atomic E-state index is 0.106. The van der Waals surface area contributed by atoms with E-state index in [9.17, 15) is 4.79 Å². The van der Waals surface area contributed by atoms with Crippen molar-refractivity contribution in [2.24, 2.45) is 0 Å². The molecule has 1 aliphatic rings. The molecule has 0 spiro atoms. The second kappa shape index (κ2) is 8.10. The average molecular weight is 322 g/mol. The molecule has 5 nitrogen and oxygen atoms in total. The van der Waals surface area contributed by atoms with Crippen molar-refractivity contribution in [3.8, 4) is 5.75 Å². The van der Waals surface area contributed by atoms with E-state index in [1.807, 2.05) is 13.8 Å². The standard InChI is InChI=1S/C16H22N2O3S/c1-11(2)21-13-7-5-12(6-8-13)15(19)18-16(22)17-10-14-4-3-9-20-14/h5-8,11,14H,3-4,9-10H2,1-2H3,(H2,17,18,19,22). The van der Waals surface area contributed by atoms with Gasteiger partial charge < -0.3 is 14.8 Å². The molecule has 2 N–H and O–H groups in total. The topological polar surface area (TPSA) is 59.6 Å². The molecule has 1 aliphatic heterocycles. The molecule has 0 saturated carbocycles. The van der Waals surface area contributed by atoms with Crippen LogP contribution >= 0.6 is 12.2 Å². The van der Waals surface area contributed by atoms with Crippen LogP contribution in [0.1, 0.15) is 37.0 Å². The van der Waals surface area contributed by atoms with E-state index in [0.717, 1.165) is 25.2 Å². The van der Waals surface area contributed by atoms with Crippen molar-refractivity contribution < 1.29 is 14.3 Å². The first-order chi connectivity index (χ1) is 10.5. The van der Waals surface area contributed by atoms with Gasteiger partial charge in [-0.05, 0) is 63.2 Å². The number of nitrogens with one attached hydrogen (secondary N) is 2. The van der Waals surface area contributed by atoms with E-state index in [1.54, 1.807) is 24.3 Å². The molecule has 0 bridgehead atoms. The maximum absolute atomic E-state index is 12.1. The largest absolute Gasteiger partial charge is 0.491 e. The highest BCUT2D eigenvalue weighted by Crippen LogP contribution is 2.14. The molecule has 2 rings (SSSR count). The number of ether oxygens (including phenoxy) is 2. The third kappa shape index (κ3) is 5.27. The second-order valence-electron chi connectivity index (χ2n) is 5.49. The van der Waals surface area contributed by atoms with Crippen LogP contribution in [0, 0.1) is 0 Å². The molecule has 1 saturated heterocycles. The lowest BCUT2D eigenvalue weighted by Crippen LogP contribution is -2.42. The second-order valence-corrected chi connectivity index (χ2v) is 5.90. The van der Waals surface area contributed by atoms with Gasteiger partial charge in [0.2, 0.25) is 0 Å². The summed E-state index contributed by atoms with van der Waals surface area (Å²) in [6.45, 7) is 5.34. The van der Waals surface area contributed by atoms with Crippen molar-refractivity contribution in [1.29, 1.82) is 0 Å². The summed E-state index contributed by atoms with van der Waals surface area (Å²) in [5, 5.41) is 6.00. The summed E-state index contributed by atoms with van der Waals surface area (Å²) in [6.07, 6.45) is 2.40. The third-order valence-electron chi connectivity index (χ3n) is 3.23. The van der Waals surface area contributed by atoms with Gasteiger partial charge in [0.25, 0.3) is 5.91 Å². The Morgan fingerprint density at radius 3 is 2.73 bits per heavy atom. The van der Waals surface area contributed by atoms with Crippen LogP contribution in [-0.2, 0) is 4.74 Å². The van der Waals surface area contributed by atoms with Crippen molar-refractivity contribution >= 4 is 23.2 Å². The van der Waals surface area contributed by atoms with Crippen molar-refractivity contribution in [2.45, 2.75) is 38.9 Å². The number of carbonyl (C=O) groups excluding carboxylic acids is 1. The highest BCUT2D eigenvalue weighted by Gasteiger charge is 2.16. The summed E-state index contributed by atoms with van der Waals surface area (Å²) in [7, 11) is 0. The Labute approximate surface area is 136 Å². The molecule has 1 heterocycles. The van der Waals surface area contributed by atoms with E-state index in [4.69, 9.17) is 21.7 Å². The van der Waals surface area contributed by atoms with E-state index in [2.05, 4.69) is 10.6 Å². The maximum atomic E-state index is 12.1. The van der Waals surface area contributed by atoms with Gasteiger partial charge in [-0.25, -0.2) is 0 Å². The van der Waals surface area contributed by atoms with Crippen LogP contribution in [0.4, 0.5) is 0 Å². The van der Waals surface area contributed by atoms with Crippen LogP contribution < -0.4 is 15.4 Å². The number of thiocarbonyl (C=S) groups is 1. The number of amides is 1. The Morgan fingerprint density at radius 2 is 2.14 bits per heavy atom. The summed E-state index contributed by atoms with van der Waals surface area (Å²) in [5.74, 6) is 0.506. The van der Waals surface area contributed by atoms with Crippen LogP contribution in [-0.4, -0.2) is 36.4 Å². The first kappa shape index (κ1) is 16.7.